The maximum Gasteiger partial charge on any atom is 0.199 e. The van der Waals surface area contributed by atoms with Gasteiger partial charge in [-0.2, -0.15) is 0 Å². The lowest BCUT2D eigenvalue weighted by Crippen LogP contribution is -2.16. The molecular formula is C15H20N2O. The predicted molar refractivity (Wildman–Crippen MR) is 74.3 cm³/mol. The molecule has 0 saturated carbocycles. The van der Waals surface area contributed by atoms with E-state index in [1.807, 2.05) is 4.57 Å². The van der Waals surface area contributed by atoms with Crippen molar-refractivity contribution in [3.8, 4) is 5.88 Å². The van der Waals surface area contributed by atoms with E-state index in [2.05, 4.69) is 37.5 Å². The first-order valence-electron chi connectivity index (χ1n) is 6.73. The average molecular weight is 244 g/mol. The summed E-state index contributed by atoms with van der Waals surface area (Å²) in [4.78, 5) is 0. The molecule has 2 heterocycles. The Hall–Kier alpha value is -1.48. The van der Waals surface area contributed by atoms with Crippen LogP contribution in [0, 0.1) is 0 Å². The Morgan fingerprint density at radius 2 is 1.83 bits per heavy atom. The van der Waals surface area contributed by atoms with Crippen molar-refractivity contribution < 1.29 is 5.11 Å². The van der Waals surface area contributed by atoms with Crippen LogP contribution in [0.4, 0.5) is 0 Å². The number of fused-ring (bicyclic) bond motifs is 2. The van der Waals surface area contributed by atoms with Crippen LogP contribution < -0.4 is 5.32 Å². The van der Waals surface area contributed by atoms with Gasteiger partial charge in [-0.15, -0.1) is 0 Å². The molecule has 1 aromatic carbocycles. The Labute approximate surface area is 107 Å². The number of hydrogen-bond acceptors (Lipinski definition) is 2. The SMILES string of the molecule is CC(C)n1cc2cc3c(cc2c1O)CCNCC3. The van der Waals surface area contributed by atoms with Crippen molar-refractivity contribution in [1.82, 2.24) is 9.88 Å². The van der Waals surface area contributed by atoms with Crippen LogP contribution in [0.2, 0.25) is 0 Å². The fourth-order valence-electron chi connectivity index (χ4n) is 2.79. The van der Waals surface area contributed by atoms with Crippen molar-refractivity contribution in [2.75, 3.05) is 13.1 Å². The molecular weight excluding hydrogens is 224 g/mol. The molecule has 0 amide bonds. The maximum atomic E-state index is 10.3. The monoisotopic (exact) mass is 244 g/mol. The maximum absolute atomic E-state index is 10.3. The first kappa shape index (κ1) is 11.6. The summed E-state index contributed by atoms with van der Waals surface area (Å²) in [5, 5.41) is 15.8. The first-order valence-corrected chi connectivity index (χ1v) is 6.73. The van der Waals surface area contributed by atoms with Gasteiger partial charge in [-0.05, 0) is 63.0 Å². The van der Waals surface area contributed by atoms with Gasteiger partial charge in [0.25, 0.3) is 0 Å². The third-order valence-corrected chi connectivity index (χ3v) is 3.83. The molecule has 3 rings (SSSR count). The predicted octanol–water partition coefficient (Wildman–Crippen LogP) is 2.62. The molecule has 0 atom stereocenters. The number of benzene rings is 1. The van der Waals surface area contributed by atoms with Gasteiger partial charge in [0.1, 0.15) is 0 Å². The third kappa shape index (κ3) is 1.79. The van der Waals surface area contributed by atoms with E-state index in [1.54, 1.807) is 0 Å². The average Bonchev–Trinajstić information content (AvgIpc) is 2.53. The van der Waals surface area contributed by atoms with E-state index in [-0.39, 0.29) is 0 Å². The highest BCUT2D eigenvalue weighted by molar-refractivity contribution is 5.89. The Balaban J connectivity index is 2.19. The fourth-order valence-corrected chi connectivity index (χ4v) is 2.79. The van der Waals surface area contributed by atoms with Crippen molar-refractivity contribution >= 4 is 10.8 Å². The topological polar surface area (TPSA) is 37.2 Å². The first-order chi connectivity index (χ1) is 8.66. The van der Waals surface area contributed by atoms with E-state index in [9.17, 15) is 5.11 Å². The highest BCUT2D eigenvalue weighted by Gasteiger charge is 2.14. The number of nitrogens with zero attached hydrogens (tertiary/aromatic N) is 1. The molecule has 0 aliphatic carbocycles. The summed E-state index contributed by atoms with van der Waals surface area (Å²) in [5.41, 5.74) is 2.80. The zero-order valence-corrected chi connectivity index (χ0v) is 11.0. The molecule has 0 spiro atoms. The third-order valence-electron chi connectivity index (χ3n) is 3.83. The Bertz CT molecular complexity index is 584. The van der Waals surface area contributed by atoms with Gasteiger partial charge < -0.3 is 15.0 Å². The van der Waals surface area contributed by atoms with Gasteiger partial charge in [0.05, 0.1) is 0 Å². The molecule has 0 saturated heterocycles. The molecule has 3 heteroatoms. The summed E-state index contributed by atoms with van der Waals surface area (Å²) in [6, 6.07) is 4.71. The molecule has 1 aliphatic heterocycles. The van der Waals surface area contributed by atoms with Crippen LogP contribution in [0.3, 0.4) is 0 Å². The van der Waals surface area contributed by atoms with Gasteiger partial charge in [0.2, 0.25) is 0 Å². The number of hydrogen-bond donors (Lipinski definition) is 2. The Morgan fingerprint density at radius 3 is 2.50 bits per heavy atom. The summed E-state index contributed by atoms with van der Waals surface area (Å²) in [7, 11) is 0. The second kappa shape index (κ2) is 4.32. The lowest BCUT2D eigenvalue weighted by Gasteiger charge is -2.08. The van der Waals surface area contributed by atoms with E-state index >= 15 is 0 Å². The van der Waals surface area contributed by atoms with E-state index in [0.717, 1.165) is 36.7 Å². The molecule has 2 N–H and O–H groups in total. The van der Waals surface area contributed by atoms with Crippen LogP contribution in [0.5, 0.6) is 5.88 Å². The molecule has 2 aromatic rings. The Morgan fingerprint density at radius 1 is 1.17 bits per heavy atom. The standard InChI is InChI=1S/C15H20N2O/c1-10(2)17-9-13-7-11-3-5-16-6-4-12(11)8-14(13)15(17)18/h7-10,16,18H,3-6H2,1-2H3. The van der Waals surface area contributed by atoms with Gasteiger partial charge in [-0.25, -0.2) is 0 Å². The second-order valence-corrected chi connectivity index (χ2v) is 5.41. The number of nitrogens with one attached hydrogen (secondary N) is 1. The molecule has 18 heavy (non-hydrogen) atoms. The summed E-state index contributed by atoms with van der Waals surface area (Å²) < 4.78 is 1.95. The highest BCUT2D eigenvalue weighted by atomic mass is 16.3. The minimum Gasteiger partial charge on any atom is -0.494 e. The molecule has 1 aromatic heterocycles. The van der Waals surface area contributed by atoms with E-state index < -0.39 is 0 Å². The molecule has 0 bridgehead atoms. The van der Waals surface area contributed by atoms with Crippen molar-refractivity contribution in [3.05, 3.63) is 29.5 Å². The molecule has 3 nitrogen and oxygen atoms in total. The van der Waals surface area contributed by atoms with Crippen LogP contribution in [0.1, 0.15) is 31.0 Å². The van der Waals surface area contributed by atoms with Gasteiger partial charge in [0, 0.05) is 23.0 Å². The van der Waals surface area contributed by atoms with Crippen LogP contribution in [0.25, 0.3) is 10.8 Å². The summed E-state index contributed by atoms with van der Waals surface area (Å²) in [5.74, 6) is 0.403. The second-order valence-electron chi connectivity index (χ2n) is 5.41. The molecule has 96 valence electrons. The van der Waals surface area contributed by atoms with Gasteiger partial charge in [0.15, 0.2) is 5.88 Å². The van der Waals surface area contributed by atoms with Crippen LogP contribution in [-0.2, 0) is 12.8 Å². The van der Waals surface area contributed by atoms with Crippen LogP contribution in [0.15, 0.2) is 18.3 Å². The zero-order chi connectivity index (χ0) is 12.7. The number of aromatic hydroxyl groups is 1. The van der Waals surface area contributed by atoms with Gasteiger partial charge in [-0.3, -0.25) is 0 Å². The largest absolute Gasteiger partial charge is 0.494 e. The van der Waals surface area contributed by atoms with Gasteiger partial charge >= 0.3 is 0 Å². The highest BCUT2D eigenvalue weighted by Crippen LogP contribution is 2.32. The van der Waals surface area contributed by atoms with Gasteiger partial charge in [-0.1, -0.05) is 0 Å². The fraction of sp³-hybridized carbons (Fsp3) is 0.467. The van der Waals surface area contributed by atoms with Crippen molar-refractivity contribution in [2.24, 2.45) is 0 Å². The summed E-state index contributed by atoms with van der Waals surface area (Å²) >= 11 is 0. The number of aromatic nitrogens is 1. The smallest absolute Gasteiger partial charge is 0.199 e. The zero-order valence-electron chi connectivity index (χ0n) is 11.0. The van der Waals surface area contributed by atoms with Crippen LogP contribution >= 0.6 is 0 Å². The minimum atomic E-state index is 0.291. The lowest BCUT2D eigenvalue weighted by molar-refractivity contribution is 0.405. The van der Waals surface area contributed by atoms with Crippen molar-refractivity contribution in [3.63, 3.8) is 0 Å². The summed E-state index contributed by atoms with van der Waals surface area (Å²) in [6.45, 7) is 6.26. The molecule has 1 aliphatic rings. The minimum absolute atomic E-state index is 0.291. The molecule has 0 unspecified atom stereocenters. The van der Waals surface area contributed by atoms with Crippen molar-refractivity contribution in [2.45, 2.75) is 32.7 Å². The summed E-state index contributed by atoms with van der Waals surface area (Å²) in [6.07, 6.45) is 4.20. The molecule has 0 fully saturated rings. The number of rotatable bonds is 1. The van der Waals surface area contributed by atoms with E-state index in [0.29, 0.717) is 11.9 Å². The molecule has 0 radical (unpaired) electrons. The quantitative estimate of drug-likeness (QED) is 0.809. The van der Waals surface area contributed by atoms with E-state index in [4.69, 9.17) is 0 Å². The van der Waals surface area contributed by atoms with Crippen molar-refractivity contribution in [1.29, 1.82) is 0 Å². The van der Waals surface area contributed by atoms with E-state index in [1.165, 1.54) is 11.1 Å². The van der Waals surface area contributed by atoms with Crippen LogP contribution in [-0.4, -0.2) is 22.8 Å². The normalized spacial score (nSPS) is 15.9. The lowest BCUT2D eigenvalue weighted by atomic mass is 10.00. The Kier molecular flexibility index (Phi) is 2.78.